The van der Waals surface area contributed by atoms with Crippen LogP contribution in [0.25, 0.3) is 0 Å². The molecule has 0 bridgehead atoms. The van der Waals surface area contributed by atoms with E-state index < -0.39 is 10.0 Å². The molecule has 0 spiro atoms. The van der Waals surface area contributed by atoms with E-state index in [-0.39, 0.29) is 14.9 Å². The molecule has 0 amide bonds. The van der Waals surface area contributed by atoms with Crippen LogP contribution < -0.4 is 10.0 Å². The molecule has 136 valence electrons. The van der Waals surface area contributed by atoms with Crippen molar-refractivity contribution in [3.05, 3.63) is 68.5 Å². The van der Waals surface area contributed by atoms with Crippen LogP contribution in [0.5, 0.6) is 0 Å². The van der Waals surface area contributed by atoms with Gasteiger partial charge < -0.3 is 5.32 Å². The van der Waals surface area contributed by atoms with Gasteiger partial charge in [0, 0.05) is 10.7 Å². The van der Waals surface area contributed by atoms with Crippen molar-refractivity contribution in [2.24, 2.45) is 0 Å². The summed E-state index contributed by atoms with van der Waals surface area (Å²) >= 11 is 19.5. The molecule has 26 heavy (non-hydrogen) atoms. The average Bonchev–Trinajstić information content (AvgIpc) is 3.11. The molecule has 1 aromatic heterocycles. The Morgan fingerprint density at radius 2 is 1.62 bits per heavy atom. The van der Waals surface area contributed by atoms with Crippen molar-refractivity contribution in [1.29, 1.82) is 0 Å². The maximum Gasteiger partial charge on any atom is 0.271 e. The number of thiophene rings is 1. The fourth-order valence-electron chi connectivity index (χ4n) is 2.17. The van der Waals surface area contributed by atoms with E-state index in [0.29, 0.717) is 21.4 Å². The lowest BCUT2D eigenvalue weighted by atomic mass is 10.2. The summed E-state index contributed by atoms with van der Waals surface area (Å²) in [7, 11) is -3.73. The van der Waals surface area contributed by atoms with E-state index >= 15 is 0 Å². The van der Waals surface area contributed by atoms with Gasteiger partial charge in [0.05, 0.1) is 21.4 Å². The number of hydrogen-bond acceptors (Lipinski definition) is 4. The number of sulfonamides is 1. The Bertz CT molecular complexity index is 1050. The molecule has 4 nitrogen and oxygen atoms in total. The SMILES string of the molecule is Cc1ccc(Nc2cc(Cl)c(Cl)cc2NS(=O)(=O)c2cccs2)cc1Cl. The molecule has 0 aliphatic rings. The standard InChI is InChI=1S/C17H13Cl3N2O2S2/c1-10-4-5-11(7-12(10)18)21-15-8-13(19)14(20)9-16(15)22-26(23,24)17-3-2-6-25-17/h2-9,21-22H,1H3. The first-order valence-corrected chi connectivity index (χ1v) is 10.8. The zero-order valence-corrected chi connectivity index (χ0v) is 17.3. The van der Waals surface area contributed by atoms with Gasteiger partial charge in [0.2, 0.25) is 0 Å². The van der Waals surface area contributed by atoms with Crippen molar-refractivity contribution in [3.8, 4) is 0 Å². The van der Waals surface area contributed by atoms with Crippen molar-refractivity contribution >= 4 is 73.2 Å². The summed E-state index contributed by atoms with van der Waals surface area (Å²) in [4.78, 5) is 0. The minimum atomic E-state index is -3.73. The largest absolute Gasteiger partial charge is 0.354 e. The minimum absolute atomic E-state index is 0.202. The van der Waals surface area contributed by atoms with Gasteiger partial charge in [0.25, 0.3) is 10.0 Å². The summed E-state index contributed by atoms with van der Waals surface area (Å²) in [6.45, 7) is 1.89. The lowest BCUT2D eigenvalue weighted by Crippen LogP contribution is -2.12. The molecule has 0 aliphatic heterocycles. The minimum Gasteiger partial charge on any atom is -0.354 e. The number of anilines is 3. The first kappa shape index (κ1) is 19.3. The van der Waals surface area contributed by atoms with Gasteiger partial charge in [-0.25, -0.2) is 8.42 Å². The van der Waals surface area contributed by atoms with Gasteiger partial charge in [0.1, 0.15) is 4.21 Å². The molecule has 0 radical (unpaired) electrons. The molecule has 0 aliphatic carbocycles. The average molecular weight is 448 g/mol. The first-order valence-electron chi connectivity index (χ1n) is 7.35. The summed E-state index contributed by atoms with van der Waals surface area (Å²) in [5.41, 5.74) is 2.37. The highest BCUT2D eigenvalue weighted by atomic mass is 35.5. The number of aryl methyl sites for hydroxylation is 1. The summed E-state index contributed by atoms with van der Waals surface area (Å²) in [5, 5.41) is 5.95. The second-order valence-corrected chi connectivity index (χ2v) is 9.52. The van der Waals surface area contributed by atoms with Crippen LogP contribution in [0.1, 0.15) is 5.56 Å². The monoisotopic (exact) mass is 446 g/mol. The highest BCUT2D eigenvalue weighted by molar-refractivity contribution is 7.94. The maximum atomic E-state index is 12.5. The van der Waals surface area contributed by atoms with E-state index in [0.717, 1.165) is 16.9 Å². The predicted molar refractivity (Wildman–Crippen MR) is 111 cm³/mol. The summed E-state index contributed by atoms with van der Waals surface area (Å²) in [5.74, 6) is 0. The molecule has 0 fully saturated rings. The third-order valence-electron chi connectivity index (χ3n) is 3.52. The molecule has 0 atom stereocenters. The van der Waals surface area contributed by atoms with Gasteiger partial charge in [-0.3, -0.25) is 4.72 Å². The van der Waals surface area contributed by atoms with E-state index in [1.807, 2.05) is 19.1 Å². The normalized spacial score (nSPS) is 11.4. The van der Waals surface area contributed by atoms with Crippen LogP contribution >= 0.6 is 46.1 Å². The fraction of sp³-hybridized carbons (Fsp3) is 0.0588. The highest BCUT2D eigenvalue weighted by Crippen LogP contribution is 2.36. The number of hydrogen-bond donors (Lipinski definition) is 2. The lowest BCUT2D eigenvalue weighted by Gasteiger charge is -2.15. The van der Waals surface area contributed by atoms with Crippen molar-refractivity contribution in [2.75, 3.05) is 10.0 Å². The van der Waals surface area contributed by atoms with E-state index in [2.05, 4.69) is 10.0 Å². The smallest absolute Gasteiger partial charge is 0.271 e. The summed E-state index contributed by atoms with van der Waals surface area (Å²) in [6, 6.07) is 11.7. The van der Waals surface area contributed by atoms with Crippen LogP contribution in [0.3, 0.4) is 0 Å². The molecule has 2 aromatic carbocycles. The van der Waals surface area contributed by atoms with Crippen molar-refractivity contribution in [3.63, 3.8) is 0 Å². The van der Waals surface area contributed by atoms with Crippen LogP contribution in [-0.4, -0.2) is 8.42 Å². The molecular weight excluding hydrogens is 435 g/mol. The van der Waals surface area contributed by atoms with Crippen LogP contribution in [0, 0.1) is 6.92 Å². The Labute approximate surface area is 170 Å². The highest BCUT2D eigenvalue weighted by Gasteiger charge is 2.18. The fourth-order valence-corrected chi connectivity index (χ4v) is 4.74. The van der Waals surface area contributed by atoms with Gasteiger partial charge in [-0.05, 0) is 48.2 Å². The Balaban J connectivity index is 1.99. The third kappa shape index (κ3) is 4.27. The summed E-state index contributed by atoms with van der Waals surface area (Å²) < 4.78 is 27.8. The second kappa shape index (κ2) is 7.66. The van der Waals surface area contributed by atoms with Gasteiger partial charge in [-0.2, -0.15) is 0 Å². The predicted octanol–water partition coefficient (Wildman–Crippen LogP) is 6.56. The van der Waals surface area contributed by atoms with Gasteiger partial charge in [-0.15, -0.1) is 11.3 Å². The Morgan fingerprint density at radius 3 is 2.23 bits per heavy atom. The van der Waals surface area contributed by atoms with Gasteiger partial charge in [0.15, 0.2) is 0 Å². The maximum absolute atomic E-state index is 12.5. The molecule has 0 saturated carbocycles. The molecule has 9 heteroatoms. The Kier molecular flexibility index (Phi) is 5.69. The zero-order valence-electron chi connectivity index (χ0n) is 13.4. The Morgan fingerprint density at radius 1 is 0.923 bits per heavy atom. The van der Waals surface area contributed by atoms with E-state index in [9.17, 15) is 8.42 Å². The van der Waals surface area contributed by atoms with Gasteiger partial charge in [-0.1, -0.05) is 46.9 Å². The lowest BCUT2D eigenvalue weighted by molar-refractivity contribution is 0.603. The molecule has 3 aromatic rings. The second-order valence-electron chi connectivity index (χ2n) is 5.44. The van der Waals surface area contributed by atoms with Gasteiger partial charge >= 0.3 is 0 Å². The van der Waals surface area contributed by atoms with Crippen LogP contribution in [-0.2, 0) is 10.0 Å². The van der Waals surface area contributed by atoms with Crippen molar-refractivity contribution in [1.82, 2.24) is 0 Å². The molecule has 3 rings (SSSR count). The van der Waals surface area contributed by atoms with Crippen molar-refractivity contribution < 1.29 is 8.42 Å². The number of nitrogens with one attached hydrogen (secondary N) is 2. The zero-order chi connectivity index (χ0) is 18.9. The number of rotatable bonds is 5. The Hall–Kier alpha value is -1.44. The molecular formula is C17H13Cl3N2O2S2. The van der Waals surface area contributed by atoms with E-state index in [1.54, 1.807) is 23.6 Å². The number of benzene rings is 2. The first-order chi connectivity index (χ1) is 12.3. The summed E-state index contributed by atoms with van der Waals surface area (Å²) in [6.07, 6.45) is 0. The number of halogens is 3. The molecule has 1 heterocycles. The quantitative estimate of drug-likeness (QED) is 0.465. The third-order valence-corrected chi connectivity index (χ3v) is 7.41. The molecule has 0 saturated heterocycles. The topological polar surface area (TPSA) is 58.2 Å². The molecule has 2 N–H and O–H groups in total. The van der Waals surface area contributed by atoms with Crippen LogP contribution in [0.4, 0.5) is 17.1 Å². The van der Waals surface area contributed by atoms with Crippen LogP contribution in [0.15, 0.2) is 52.1 Å². The van der Waals surface area contributed by atoms with E-state index in [1.165, 1.54) is 12.1 Å². The van der Waals surface area contributed by atoms with E-state index in [4.69, 9.17) is 34.8 Å². The molecule has 0 unspecified atom stereocenters. The van der Waals surface area contributed by atoms with Crippen LogP contribution in [0.2, 0.25) is 15.1 Å². The van der Waals surface area contributed by atoms with Crippen molar-refractivity contribution in [2.45, 2.75) is 11.1 Å².